The molecule has 0 radical (unpaired) electrons. The molecule has 0 N–H and O–H groups in total. The molecule has 3 aromatic rings. The highest BCUT2D eigenvalue weighted by molar-refractivity contribution is 7.75. The van der Waals surface area contributed by atoms with Crippen LogP contribution in [0.3, 0.4) is 0 Å². The predicted octanol–water partition coefficient (Wildman–Crippen LogP) is 12.8. The van der Waals surface area contributed by atoms with Crippen molar-refractivity contribution in [3.05, 3.63) is 89.5 Å². The third-order valence-corrected chi connectivity index (χ3v) is 15.3. The van der Waals surface area contributed by atoms with Crippen molar-refractivity contribution >= 4 is 14.0 Å². The van der Waals surface area contributed by atoms with Gasteiger partial charge < -0.3 is 14.2 Å². The van der Waals surface area contributed by atoms with Crippen LogP contribution in [0.15, 0.2) is 72.8 Å². The van der Waals surface area contributed by atoms with E-state index in [-0.39, 0.29) is 0 Å². The predicted molar refractivity (Wildman–Crippen MR) is 220 cm³/mol. The third kappa shape index (κ3) is 16.0. The number of unbranched alkanes of at least 4 members (excludes halogenated alkanes) is 5. The van der Waals surface area contributed by atoms with Gasteiger partial charge >= 0.3 is 0 Å². The molecule has 0 bridgehead atoms. The van der Waals surface area contributed by atoms with Crippen LogP contribution < -0.4 is 14.2 Å². The molecule has 3 rings (SSSR count). The quantitative estimate of drug-likeness (QED) is 0.0692. The van der Waals surface area contributed by atoms with Crippen LogP contribution in [0.25, 0.3) is 0 Å². The summed E-state index contributed by atoms with van der Waals surface area (Å²) >= 11 is 0. The Morgan fingerprint density at radius 2 is 0.796 bits per heavy atom. The van der Waals surface area contributed by atoms with E-state index in [1.807, 2.05) is 0 Å². The minimum Gasteiger partial charge on any atom is -0.497 e. The fourth-order valence-corrected chi connectivity index (χ4v) is 12.4. The van der Waals surface area contributed by atoms with E-state index in [1.54, 1.807) is 46.0 Å². The molecule has 0 aliphatic carbocycles. The van der Waals surface area contributed by atoms with Gasteiger partial charge in [0.25, 0.3) is 0 Å². The zero-order valence-electron chi connectivity index (χ0n) is 32.8. The lowest BCUT2D eigenvalue weighted by Gasteiger charge is -2.28. The van der Waals surface area contributed by atoms with Crippen LogP contribution in [0.5, 0.6) is 17.2 Å². The lowest BCUT2D eigenvalue weighted by atomic mass is 9.34. The fraction of sp³-hybridized carbons (Fsp3) is 0.591. The van der Waals surface area contributed by atoms with Crippen molar-refractivity contribution in [3.8, 4) is 17.2 Å². The molecule has 0 spiro atoms. The van der Waals surface area contributed by atoms with Gasteiger partial charge in [-0.2, -0.15) is 0 Å². The third-order valence-electron chi connectivity index (χ3n) is 10.2. The number of rotatable bonds is 24. The van der Waals surface area contributed by atoms with Crippen LogP contribution in [0.1, 0.15) is 128 Å². The van der Waals surface area contributed by atoms with Gasteiger partial charge in [0.2, 0.25) is 0 Å². The lowest BCUT2D eigenvalue weighted by Crippen LogP contribution is -2.30. The van der Waals surface area contributed by atoms with Crippen LogP contribution in [0.4, 0.5) is 0 Å². The molecule has 0 amide bonds. The summed E-state index contributed by atoms with van der Waals surface area (Å²) < 4.78 is 16.1. The van der Waals surface area contributed by atoms with E-state index < -0.39 is 7.26 Å². The SMILES string of the molecule is CCCCC(B(Cc1ccc(OC)cc1)Cc1ccc(OC)cc1)c1ccc(OC)cc1.CCCC[P+](CCCC)(CCCC)CCCC. The minimum atomic E-state index is -0.562. The molecule has 0 heterocycles. The van der Waals surface area contributed by atoms with Crippen LogP contribution in [0, 0.1) is 0 Å². The largest absolute Gasteiger partial charge is 0.497 e. The highest BCUT2D eigenvalue weighted by Gasteiger charge is 2.34. The molecule has 3 aromatic carbocycles. The summed E-state index contributed by atoms with van der Waals surface area (Å²) in [6.07, 6.45) is 23.6. The summed E-state index contributed by atoms with van der Waals surface area (Å²) in [6, 6.07) is 25.7. The van der Waals surface area contributed by atoms with Gasteiger partial charge in [0.1, 0.15) is 17.2 Å². The van der Waals surface area contributed by atoms with Gasteiger partial charge in [-0.05, 0) is 80.5 Å². The first-order valence-electron chi connectivity index (χ1n) is 19.7. The molecule has 5 heteroatoms. The van der Waals surface area contributed by atoms with Crippen LogP contribution in [0.2, 0.25) is 0 Å². The summed E-state index contributed by atoms with van der Waals surface area (Å²) in [4.78, 5) is 0. The van der Waals surface area contributed by atoms with Crippen molar-refractivity contribution in [2.75, 3.05) is 46.0 Å². The highest BCUT2D eigenvalue weighted by Crippen LogP contribution is 2.61. The molecule has 1 atom stereocenters. The van der Waals surface area contributed by atoms with Gasteiger partial charge in [-0.1, -0.05) is 133 Å². The molecule has 0 saturated carbocycles. The number of hydrogen-bond acceptors (Lipinski definition) is 3. The van der Waals surface area contributed by atoms with E-state index in [2.05, 4.69) is 107 Å². The van der Waals surface area contributed by atoms with E-state index in [1.165, 1.54) is 87.3 Å². The summed E-state index contributed by atoms with van der Waals surface area (Å²) in [5.74, 6) is 3.19. The first-order valence-corrected chi connectivity index (χ1v) is 22.2. The van der Waals surface area contributed by atoms with E-state index in [4.69, 9.17) is 14.2 Å². The van der Waals surface area contributed by atoms with E-state index in [9.17, 15) is 0 Å². The summed E-state index contributed by atoms with van der Waals surface area (Å²) in [5, 5.41) is 0. The van der Waals surface area contributed by atoms with Crippen molar-refractivity contribution in [1.29, 1.82) is 0 Å². The Morgan fingerprint density at radius 1 is 0.469 bits per heavy atom. The second kappa shape index (κ2) is 25.5. The van der Waals surface area contributed by atoms with Gasteiger partial charge in [-0.25, -0.2) is 0 Å². The van der Waals surface area contributed by atoms with Crippen LogP contribution >= 0.6 is 7.26 Å². The molecule has 3 nitrogen and oxygen atoms in total. The van der Waals surface area contributed by atoms with Crippen molar-refractivity contribution in [2.45, 2.75) is 124 Å². The van der Waals surface area contributed by atoms with Crippen molar-refractivity contribution in [1.82, 2.24) is 0 Å². The normalized spacial score (nSPS) is 11.8. The van der Waals surface area contributed by atoms with Crippen molar-refractivity contribution in [2.24, 2.45) is 0 Å². The maximum Gasteiger partial charge on any atom is 0.157 e. The topological polar surface area (TPSA) is 27.7 Å². The Labute approximate surface area is 303 Å². The standard InChI is InChI=1S/C28H35BO3.C16H36P/c1-5-6-7-28(24-12-18-27(32-4)19-13-24)29(20-22-8-14-25(30-2)15-9-22)21-23-10-16-26(31-3)17-11-23;1-5-9-13-17(14-10-6-2,15-11-7-3)16-12-8-4/h8-19,28H,5-7,20-21H2,1-4H3;5-16H2,1-4H3/q;+1. The molecular weight excluding hydrogens is 618 g/mol. The Kier molecular flexibility index (Phi) is 22.2. The zero-order chi connectivity index (χ0) is 35.7. The molecule has 0 saturated heterocycles. The first-order chi connectivity index (χ1) is 23.9. The Bertz CT molecular complexity index is 1130. The van der Waals surface area contributed by atoms with Gasteiger partial charge in [-0.3, -0.25) is 0 Å². The Balaban J connectivity index is 0.000000417. The Hall–Kier alpha value is -2.45. The average molecular weight is 690 g/mol. The van der Waals surface area contributed by atoms with Crippen LogP contribution in [-0.2, 0) is 12.6 Å². The molecular formula is C44H71BO3P+. The summed E-state index contributed by atoms with van der Waals surface area (Å²) in [6.45, 7) is 12.2. The molecule has 0 fully saturated rings. The average Bonchev–Trinajstić information content (AvgIpc) is 3.15. The smallest absolute Gasteiger partial charge is 0.157 e. The first kappa shape index (κ1) is 42.7. The van der Waals surface area contributed by atoms with Gasteiger partial charge in [0.05, 0.1) is 46.0 Å². The molecule has 272 valence electrons. The van der Waals surface area contributed by atoms with Gasteiger partial charge in [-0.15, -0.1) is 0 Å². The maximum atomic E-state index is 5.40. The van der Waals surface area contributed by atoms with Gasteiger partial charge in [0.15, 0.2) is 6.71 Å². The van der Waals surface area contributed by atoms with Crippen LogP contribution in [-0.4, -0.2) is 52.7 Å². The summed E-state index contributed by atoms with van der Waals surface area (Å²) in [7, 11) is 4.59. The Morgan fingerprint density at radius 3 is 1.10 bits per heavy atom. The van der Waals surface area contributed by atoms with Gasteiger partial charge in [0, 0.05) is 7.26 Å². The molecule has 0 aliphatic heterocycles. The molecule has 0 aliphatic rings. The second-order valence-corrected chi connectivity index (χ2v) is 18.5. The number of methoxy groups -OCH3 is 3. The van der Waals surface area contributed by atoms with E-state index >= 15 is 0 Å². The number of benzene rings is 3. The lowest BCUT2D eigenvalue weighted by molar-refractivity contribution is 0.414. The van der Waals surface area contributed by atoms with Crippen molar-refractivity contribution in [3.63, 3.8) is 0 Å². The maximum absolute atomic E-state index is 5.40. The zero-order valence-corrected chi connectivity index (χ0v) is 33.7. The number of ether oxygens (including phenoxy) is 3. The molecule has 49 heavy (non-hydrogen) atoms. The highest BCUT2D eigenvalue weighted by atomic mass is 31.2. The summed E-state index contributed by atoms with van der Waals surface area (Å²) in [5.41, 5.74) is 4.09. The molecule has 1 unspecified atom stereocenters. The number of hydrogen-bond donors (Lipinski definition) is 0. The fourth-order valence-electron chi connectivity index (χ4n) is 7.08. The van der Waals surface area contributed by atoms with E-state index in [0.717, 1.165) is 29.9 Å². The minimum absolute atomic E-state index is 0.477. The monoisotopic (exact) mass is 690 g/mol. The van der Waals surface area contributed by atoms with Crippen molar-refractivity contribution < 1.29 is 14.2 Å². The van der Waals surface area contributed by atoms with E-state index in [0.29, 0.717) is 12.5 Å². The molecule has 0 aromatic heterocycles. The second-order valence-electron chi connectivity index (χ2n) is 14.0.